The van der Waals surface area contributed by atoms with Crippen LogP contribution in [0.4, 0.5) is 5.69 Å². The smallest absolute Gasteiger partial charge is 0.252 e. The Balaban J connectivity index is 1.89. The van der Waals surface area contributed by atoms with Crippen molar-refractivity contribution in [3.8, 4) is 11.1 Å². The molecular weight excluding hydrogens is 294 g/mol. The van der Waals surface area contributed by atoms with Crippen molar-refractivity contribution in [2.75, 3.05) is 18.5 Å². The lowest BCUT2D eigenvalue weighted by Gasteiger charge is -2.29. The van der Waals surface area contributed by atoms with E-state index in [4.69, 9.17) is 10.5 Å². The standard InChI is InChI=1S/C16H15N5O2/c17-16(22)13-6-18-14-2-1-9(10-4-19-20-5-10)3-12(14)15(13)21-11-7-23-8-11/h1-6,11H,7-8H2,(H2,17,22)(H,18,21)(H,19,20). The maximum absolute atomic E-state index is 11.8. The van der Waals surface area contributed by atoms with Gasteiger partial charge in [0.05, 0.1) is 42.2 Å². The van der Waals surface area contributed by atoms with Crippen molar-refractivity contribution in [2.24, 2.45) is 5.73 Å². The Kier molecular flexibility index (Phi) is 3.20. The van der Waals surface area contributed by atoms with Gasteiger partial charge in [0.1, 0.15) is 0 Å². The van der Waals surface area contributed by atoms with Gasteiger partial charge in [0.15, 0.2) is 0 Å². The van der Waals surface area contributed by atoms with Gasteiger partial charge in [-0.15, -0.1) is 0 Å². The molecule has 3 aromatic rings. The molecule has 0 saturated carbocycles. The SMILES string of the molecule is NC(=O)c1cnc2ccc(-c3cn[nH]c3)cc2c1NC1COC1. The molecule has 1 amide bonds. The first-order valence-electron chi connectivity index (χ1n) is 7.28. The fraction of sp³-hybridized carbons (Fsp3) is 0.188. The van der Waals surface area contributed by atoms with E-state index < -0.39 is 5.91 Å². The molecule has 2 aromatic heterocycles. The number of pyridine rings is 1. The number of hydrogen-bond donors (Lipinski definition) is 3. The second kappa shape index (κ2) is 5.36. The summed E-state index contributed by atoms with van der Waals surface area (Å²) < 4.78 is 5.20. The molecule has 0 atom stereocenters. The van der Waals surface area contributed by atoms with Gasteiger partial charge in [-0.05, 0) is 17.7 Å². The number of carbonyl (C=O) groups excluding carboxylic acids is 1. The van der Waals surface area contributed by atoms with E-state index in [0.717, 1.165) is 22.0 Å². The number of rotatable bonds is 4. The second-order valence-corrected chi connectivity index (χ2v) is 5.51. The molecule has 0 spiro atoms. The second-order valence-electron chi connectivity index (χ2n) is 5.51. The Morgan fingerprint density at radius 2 is 2.17 bits per heavy atom. The summed E-state index contributed by atoms with van der Waals surface area (Å²) in [5.41, 5.74) is 9.35. The quantitative estimate of drug-likeness (QED) is 0.678. The molecule has 1 fully saturated rings. The molecular formula is C16H15N5O2. The van der Waals surface area contributed by atoms with Crippen molar-refractivity contribution < 1.29 is 9.53 Å². The van der Waals surface area contributed by atoms with Crippen molar-refractivity contribution >= 4 is 22.5 Å². The number of carbonyl (C=O) groups is 1. The molecule has 0 radical (unpaired) electrons. The summed E-state index contributed by atoms with van der Waals surface area (Å²) in [5, 5.41) is 11.0. The van der Waals surface area contributed by atoms with Crippen LogP contribution in [0.25, 0.3) is 22.0 Å². The highest BCUT2D eigenvalue weighted by Crippen LogP contribution is 2.31. The van der Waals surface area contributed by atoms with Crippen molar-refractivity contribution in [3.05, 3.63) is 42.4 Å². The Morgan fingerprint density at radius 3 is 2.83 bits per heavy atom. The molecule has 1 aliphatic heterocycles. The molecule has 7 heteroatoms. The zero-order chi connectivity index (χ0) is 15.8. The number of primary amides is 1. The Bertz CT molecular complexity index is 872. The van der Waals surface area contributed by atoms with Crippen molar-refractivity contribution in [2.45, 2.75) is 6.04 Å². The van der Waals surface area contributed by atoms with Crippen LogP contribution >= 0.6 is 0 Å². The lowest BCUT2D eigenvalue weighted by atomic mass is 10.0. The largest absolute Gasteiger partial charge is 0.377 e. The number of nitrogens with one attached hydrogen (secondary N) is 2. The number of nitrogens with two attached hydrogens (primary N) is 1. The van der Waals surface area contributed by atoms with Gasteiger partial charge in [-0.3, -0.25) is 14.9 Å². The summed E-state index contributed by atoms with van der Waals surface area (Å²) >= 11 is 0. The average molecular weight is 309 g/mol. The van der Waals surface area contributed by atoms with Crippen LogP contribution in [0, 0.1) is 0 Å². The Hall–Kier alpha value is -2.93. The van der Waals surface area contributed by atoms with Gasteiger partial charge in [-0.2, -0.15) is 5.10 Å². The summed E-state index contributed by atoms with van der Waals surface area (Å²) in [5.74, 6) is -0.504. The highest BCUT2D eigenvalue weighted by molar-refractivity contribution is 6.07. The molecule has 1 aromatic carbocycles. The number of H-pyrrole nitrogens is 1. The minimum absolute atomic E-state index is 0.177. The number of amides is 1. The zero-order valence-electron chi connectivity index (χ0n) is 12.2. The minimum atomic E-state index is -0.504. The summed E-state index contributed by atoms with van der Waals surface area (Å²) in [6.45, 7) is 1.23. The highest BCUT2D eigenvalue weighted by atomic mass is 16.5. The predicted molar refractivity (Wildman–Crippen MR) is 86.1 cm³/mol. The summed E-state index contributed by atoms with van der Waals surface area (Å²) in [6.07, 6.45) is 5.09. The number of ether oxygens (including phenoxy) is 1. The fourth-order valence-electron chi connectivity index (χ4n) is 2.65. The van der Waals surface area contributed by atoms with Crippen LogP contribution in [0.1, 0.15) is 10.4 Å². The van der Waals surface area contributed by atoms with Gasteiger partial charge in [0.2, 0.25) is 0 Å². The van der Waals surface area contributed by atoms with E-state index in [1.807, 2.05) is 24.4 Å². The maximum atomic E-state index is 11.8. The Morgan fingerprint density at radius 1 is 1.30 bits per heavy atom. The van der Waals surface area contributed by atoms with Gasteiger partial charge in [0.25, 0.3) is 5.91 Å². The molecule has 7 nitrogen and oxygen atoms in total. The molecule has 0 unspecified atom stereocenters. The van der Waals surface area contributed by atoms with Crippen LogP contribution in [0.15, 0.2) is 36.8 Å². The normalized spacial score (nSPS) is 14.6. The number of aromatic nitrogens is 3. The minimum Gasteiger partial charge on any atom is -0.377 e. The molecule has 1 aliphatic rings. The van der Waals surface area contributed by atoms with E-state index in [9.17, 15) is 4.79 Å². The van der Waals surface area contributed by atoms with E-state index >= 15 is 0 Å². The van der Waals surface area contributed by atoms with Crippen LogP contribution in [0.3, 0.4) is 0 Å². The number of hydrogen-bond acceptors (Lipinski definition) is 5. The van der Waals surface area contributed by atoms with Gasteiger partial charge in [-0.1, -0.05) is 6.07 Å². The first-order valence-corrected chi connectivity index (χ1v) is 7.28. The number of benzene rings is 1. The Labute approximate surface area is 131 Å². The molecule has 4 rings (SSSR count). The number of aromatic amines is 1. The average Bonchev–Trinajstić information content (AvgIpc) is 3.04. The molecule has 0 aliphatic carbocycles. The lowest BCUT2D eigenvalue weighted by Crippen LogP contribution is -2.40. The van der Waals surface area contributed by atoms with E-state index in [2.05, 4.69) is 20.5 Å². The van der Waals surface area contributed by atoms with Crippen LogP contribution in [0.2, 0.25) is 0 Å². The lowest BCUT2D eigenvalue weighted by molar-refractivity contribution is 0.0211. The molecule has 116 valence electrons. The van der Waals surface area contributed by atoms with Crippen molar-refractivity contribution in [1.29, 1.82) is 0 Å². The maximum Gasteiger partial charge on any atom is 0.252 e. The third-order valence-corrected chi connectivity index (χ3v) is 3.95. The summed E-state index contributed by atoms with van der Waals surface area (Å²) in [6, 6.07) is 6.06. The van der Waals surface area contributed by atoms with Gasteiger partial charge < -0.3 is 15.8 Å². The molecule has 23 heavy (non-hydrogen) atoms. The summed E-state index contributed by atoms with van der Waals surface area (Å²) in [7, 11) is 0. The molecule has 3 heterocycles. The molecule has 1 saturated heterocycles. The van der Waals surface area contributed by atoms with Crippen molar-refractivity contribution in [1.82, 2.24) is 15.2 Å². The van der Waals surface area contributed by atoms with E-state index in [0.29, 0.717) is 24.5 Å². The van der Waals surface area contributed by atoms with Crippen LogP contribution in [-0.4, -0.2) is 40.3 Å². The third kappa shape index (κ3) is 2.40. The van der Waals surface area contributed by atoms with E-state index in [1.165, 1.54) is 6.20 Å². The number of fused-ring (bicyclic) bond motifs is 1. The number of anilines is 1. The molecule has 0 bridgehead atoms. The van der Waals surface area contributed by atoms with Crippen LogP contribution in [0.5, 0.6) is 0 Å². The number of nitrogens with zero attached hydrogens (tertiary/aromatic N) is 2. The van der Waals surface area contributed by atoms with Gasteiger partial charge in [0, 0.05) is 23.3 Å². The van der Waals surface area contributed by atoms with Crippen LogP contribution < -0.4 is 11.1 Å². The van der Waals surface area contributed by atoms with E-state index in [-0.39, 0.29) is 6.04 Å². The van der Waals surface area contributed by atoms with Crippen molar-refractivity contribution in [3.63, 3.8) is 0 Å². The first-order chi connectivity index (χ1) is 11.2. The zero-order valence-corrected chi connectivity index (χ0v) is 12.2. The topological polar surface area (TPSA) is 106 Å². The van der Waals surface area contributed by atoms with E-state index in [1.54, 1.807) is 6.20 Å². The predicted octanol–water partition coefficient (Wildman–Crippen LogP) is 1.53. The van der Waals surface area contributed by atoms with Gasteiger partial charge >= 0.3 is 0 Å². The molecule has 4 N–H and O–H groups in total. The summed E-state index contributed by atoms with van der Waals surface area (Å²) in [4.78, 5) is 16.1. The fourth-order valence-corrected chi connectivity index (χ4v) is 2.65. The first kappa shape index (κ1) is 13.7. The third-order valence-electron chi connectivity index (χ3n) is 3.95. The monoisotopic (exact) mass is 309 g/mol. The highest BCUT2D eigenvalue weighted by Gasteiger charge is 2.22. The van der Waals surface area contributed by atoms with Crippen LogP contribution in [-0.2, 0) is 4.74 Å². The van der Waals surface area contributed by atoms with Gasteiger partial charge in [-0.25, -0.2) is 0 Å².